The molecule has 2 nitrogen and oxygen atoms in total. The molecule has 2 rings (SSSR count). The maximum atomic E-state index is 11.4. The van der Waals surface area contributed by atoms with Crippen LogP contribution in [0.1, 0.15) is 5.56 Å². The first-order chi connectivity index (χ1) is 7.75. The third-order valence-electron chi connectivity index (χ3n) is 2.05. The van der Waals surface area contributed by atoms with Gasteiger partial charge in [0.05, 0.1) is 0 Å². The first-order valence-corrected chi connectivity index (χ1v) is 6.55. The lowest BCUT2D eigenvalue weighted by Crippen LogP contribution is -2.11. The Morgan fingerprint density at radius 2 is 2.06 bits per heavy atom. The van der Waals surface area contributed by atoms with Crippen LogP contribution in [-0.2, 0) is 5.75 Å². The molecule has 16 heavy (non-hydrogen) atoms. The summed E-state index contributed by atoms with van der Waals surface area (Å²) >= 11 is 4.92. The summed E-state index contributed by atoms with van der Waals surface area (Å²) in [6, 6.07) is 13.3. The van der Waals surface area contributed by atoms with Gasteiger partial charge in [-0.3, -0.25) is 8.77 Å². The summed E-state index contributed by atoms with van der Waals surface area (Å²) in [4.78, 5) is 11.4. The molecule has 0 amide bonds. The molecule has 1 aromatic carbocycles. The van der Waals surface area contributed by atoms with E-state index in [0.717, 1.165) is 10.2 Å². The highest BCUT2D eigenvalue weighted by atomic mass is 79.9. The van der Waals surface area contributed by atoms with Gasteiger partial charge in [-0.25, -0.2) is 0 Å². The van der Waals surface area contributed by atoms with Gasteiger partial charge in [-0.1, -0.05) is 34.1 Å². The van der Waals surface area contributed by atoms with Gasteiger partial charge in [-0.05, 0) is 35.7 Å². The third kappa shape index (κ3) is 3.00. The van der Waals surface area contributed by atoms with E-state index in [0.29, 0.717) is 0 Å². The van der Waals surface area contributed by atoms with E-state index in [-0.39, 0.29) is 5.56 Å². The Hall–Kier alpha value is -1.00. The Kier molecular flexibility index (Phi) is 3.85. The molecule has 0 aliphatic heterocycles. The van der Waals surface area contributed by atoms with Crippen LogP contribution < -0.4 is 5.56 Å². The molecule has 1 heterocycles. The molecule has 0 N–H and O–H groups in total. The molecule has 0 radical (unpaired) electrons. The molecule has 4 heteroatoms. The van der Waals surface area contributed by atoms with Gasteiger partial charge < -0.3 is 0 Å². The van der Waals surface area contributed by atoms with Crippen molar-refractivity contribution in [3.05, 3.63) is 69.1 Å². The minimum absolute atomic E-state index is 0.0162. The number of benzene rings is 1. The fraction of sp³-hybridized carbons (Fsp3) is 0.0833. The Bertz CT molecular complexity index is 538. The predicted octanol–water partition coefficient (Wildman–Crippen LogP) is 3.31. The van der Waals surface area contributed by atoms with E-state index in [4.69, 9.17) is 0 Å². The van der Waals surface area contributed by atoms with Crippen LogP contribution in [0.25, 0.3) is 0 Å². The third-order valence-corrected chi connectivity index (χ3v) is 3.58. The lowest BCUT2D eigenvalue weighted by Gasteiger charge is -2.04. The van der Waals surface area contributed by atoms with Crippen LogP contribution in [0, 0.1) is 0 Å². The molecule has 0 bridgehead atoms. The van der Waals surface area contributed by atoms with Crippen molar-refractivity contribution in [1.29, 1.82) is 0 Å². The molecular weight excluding hydrogens is 286 g/mol. The Balaban J connectivity index is 2.08. The highest BCUT2D eigenvalue weighted by molar-refractivity contribution is 9.10. The second-order valence-electron chi connectivity index (χ2n) is 3.27. The average molecular weight is 296 g/mol. The van der Waals surface area contributed by atoms with E-state index < -0.39 is 0 Å². The second-order valence-corrected chi connectivity index (χ2v) is 5.12. The van der Waals surface area contributed by atoms with E-state index in [9.17, 15) is 4.79 Å². The van der Waals surface area contributed by atoms with Gasteiger partial charge in [0.25, 0.3) is 5.56 Å². The van der Waals surface area contributed by atoms with E-state index >= 15 is 0 Å². The molecule has 0 saturated carbocycles. The van der Waals surface area contributed by atoms with Crippen molar-refractivity contribution >= 4 is 27.9 Å². The van der Waals surface area contributed by atoms with Crippen LogP contribution >= 0.6 is 27.9 Å². The molecule has 1 aromatic heterocycles. The highest BCUT2D eigenvalue weighted by Crippen LogP contribution is 2.17. The van der Waals surface area contributed by atoms with Crippen LogP contribution in [0.15, 0.2) is 57.9 Å². The van der Waals surface area contributed by atoms with Gasteiger partial charge in [-0.2, -0.15) is 0 Å². The Labute approximate surface area is 107 Å². The minimum Gasteiger partial charge on any atom is -0.268 e. The summed E-state index contributed by atoms with van der Waals surface area (Å²) in [6.07, 6.45) is 1.78. The molecule has 0 fully saturated rings. The normalized spacial score (nSPS) is 10.3. The summed E-state index contributed by atoms with van der Waals surface area (Å²) in [7, 11) is 0. The highest BCUT2D eigenvalue weighted by Gasteiger charge is 1.97. The molecule has 82 valence electrons. The summed E-state index contributed by atoms with van der Waals surface area (Å²) in [5.74, 6) is 0.781. The van der Waals surface area contributed by atoms with E-state index in [2.05, 4.69) is 22.0 Å². The fourth-order valence-electron chi connectivity index (χ4n) is 1.29. The van der Waals surface area contributed by atoms with Crippen LogP contribution in [0.3, 0.4) is 0 Å². The first kappa shape index (κ1) is 11.5. The number of nitrogens with zero attached hydrogens (tertiary/aromatic N) is 1. The molecule has 2 aromatic rings. The van der Waals surface area contributed by atoms with Crippen molar-refractivity contribution in [2.45, 2.75) is 5.75 Å². The number of rotatable bonds is 3. The van der Waals surface area contributed by atoms with Crippen molar-refractivity contribution in [3.63, 3.8) is 0 Å². The lowest BCUT2D eigenvalue weighted by molar-refractivity contribution is 1.14. The maximum Gasteiger partial charge on any atom is 0.260 e. The van der Waals surface area contributed by atoms with E-state index in [1.165, 1.54) is 17.5 Å². The zero-order valence-electron chi connectivity index (χ0n) is 8.47. The van der Waals surface area contributed by atoms with Crippen LogP contribution in [0.5, 0.6) is 0 Å². The molecule has 0 aliphatic rings. The Morgan fingerprint density at radius 3 is 2.81 bits per heavy atom. The van der Waals surface area contributed by atoms with Crippen molar-refractivity contribution < 1.29 is 0 Å². The first-order valence-electron chi connectivity index (χ1n) is 4.81. The number of pyridine rings is 1. The molecule has 0 atom stereocenters. The van der Waals surface area contributed by atoms with Crippen LogP contribution in [0.2, 0.25) is 0 Å². The summed E-state index contributed by atoms with van der Waals surface area (Å²) in [5, 5.41) is 0. The predicted molar refractivity (Wildman–Crippen MR) is 71.5 cm³/mol. The monoisotopic (exact) mass is 295 g/mol. The topological polar surface area (TPSA) is 22.0 Å². The zero-order chi connectivity index (χ0) is 11.4. The van der Waals surface area contributed by atoms with Crippen molar-refractivity contribution in [2.75, 3.05) is 0 Å². The van der Waals surface area contributed by atoms with Gasteiger partial charge in [-0.15, -0.1) is 0 Å². The van der Waals surface area contributed by atoms with Gasteiger partial charge in [0.2, 0.25) is 0 Å². The second kappa shape index (κ2) is 5.37. The van der Waals surface area contributed by atoms with Crippen molar-refractivity contribution in [3.8, 4) is 0 Å². The number of halogens is 1. The zero-order valence-corrected chi connectivity index (χ0v) is 10.9. The molecule has 0 unspecified atom stereocenters. The molecular formula is C12H10BrNOS. The minimum atomic E-state index is 0.0162. The molecule has 0 aliphatic carbocycles. The van der Waals surface area contributed by atoms with Gasteiger partial charge in [0.1, 0.15) is 0 Å². The summed E-state index contributed by atoms with van der Waals surface area (Å²) in [6.45, 7) is 0. The standard InChI is InChI=1S/C12H10BrNOS/c13-11-5-3-4-10(8-11)9-16-14-7-2-1-6-12(14)15/h1-8H,9H2. The van der Waals surface area contributed by atoms with Crippen LogP contribution in [0.4, 0.5) is 0 Å². The largest absolute Gasteiger partial charge is 0.268 e. The summed E-state index contributed by atoms with van der Waals surface area (Å²) in [5.41, 5.74) is 1.21. The average Bonchev–Trinajstić information content (AvgIpc) is 2.28. The van der Waals surface area contributed by atoms with Crippen molar-refractivity contribution in [2.24, 2.45) is 0 Å². The van der Waals surface area contributed by atoms with Gasteiger partial charge in [0.15, 0.2) is 0 Å². The fourth-order valence-corrected chi connectivity index (χ4v) is 2.55. The quantitative estimate of drug-likeness (QED) is 0.867. The smallest absolute Gasteiger partial charge is 0.260 e. The number of aromatic nitrogens is 1. The number of hydrogen-bond acceptors (Lipinski definition) is 2. The SMILES string of the molecule is O=c1ccccn1SCc1cccc(Br)c1. The van der Waals surface area contributed by atoms with Gasteiger partial charge >= 0.3 is 0 Å². The maximum absolute atomic E-state index is 11.4. The lowest BCUT2D eigenvalue weighted by atomic mass is 10.2. The summed E-state index contributed by atoms with van der Waals surface area (Å²) < 4.78 is 2.70. The van der Waals surface area contributed by atoms with Crippen LogP contribution in [-0.4, -0.2) is 3.97 Å². The Morgan fingerprint density at radius 1 is 1.19 bits per heavy atom. The molecule has 0 saturated heterocycles. The van der Waals surface area contributed by atoms with Crippen molar-refractivity contribution in [1.82, 2.24) is 3.97 Å². The number of hydrogen-bond donors (Lipinski definition) is 0. The molecule has 0 spiro atoms. The van der Waals surface area contributed by atoms with E-state index in [1.807, 2.05) is 24.3 Å². The van der Waals surface area contributed by atoms with E-state index in [1.54, 1.807) is 22.3 Å². The van der Waals surface area contributed by atoms with Gasteiger partial charge in [0, 0.05) is 22.5 Å².